The van der Waals surface area contributed by atoms with Gasteiger partial charge in [0.1, 0.15) is 5.82 Å². The van der Waals surface area contributed by atoms with Gasteiger partial charge in [0.05, 0.1) is 10.2 Å². The molecule has 4 heteroatoms. The summed E-state index contributed by atoms with van der Waals surface area (Å²) in [7, 11) is 0. The third-order valence-corrected chi connectivity index (χ3v) is 8.33. The summed E-state index contributed by atoms with van der Waals surface area (Å²) in [4.78, 5) is 7.84. The van der Waals surface area contributed by atoms with Crippen molar-refractivity contribution in [3.05, 3.63) is 103 Å². The molecular formula is C31H17FN2S. The normalized spacial score (nSPS) is 12.1. The number of thiophene rings is 1. The van der Waals surface area contributed by atoms with E-state index in [0.29, 0.717) is 5.39 Å². The van der Waals surface area contributed by atoms with Crippen LogP contribution in [-0.2, 0) is 0 Å². The molecule has 0 aliphatic carbocycles. The Morgan fingerprint density at radius 1 is 0.714 bits per heavy atom. The fourth-order valence-corrected chi connectivity index (χ4v) is 6.85. The second-order valence-corrected chi connectivity index (χ2v) is 10.1. The number of pyridine rings is 1. The van der Waals surface area contributed by atoms with Crippen LogP contribution < -0.4 is 0 Å². The highest BCUT2D eigenvalue weighted by molar-refractivity contribution is 7.27. The Balaban J connectivity index is 1.55. The number of nitrogens with one attached hydrogen (secondary N) is 1. The Kier molecular flexibility index (Phi) is 3.75. The lowest BCUT2D eigenvalue weighted by molar-refractivity contribution is 0.640. The predicted octanol–water partition coefficient (Wildman–Crippen LogP) is 9.20. The van der Waals surface area contributed by atoms with Crippen LogP contribution in [-0.4, -0.2) is 9.97 Å². The highest BCUT2D eigenvalue weighted by Gasteiger charge is 2.19. The molecule has 2 nitrogen and oxygen atoms in total. The van der Waals surface area contributed by atoms with Crippen molar-refractivity contribution in [1.82, 2.24) is 9.97 Å². The number of nitrogens with zero attached hydrogens (tertiary/aromatic N) is 1. The molecule has 0 unspecified atom stereocenters. The molecule has 3 aromatic heterocycles. The molecule has 0 spiro atoms. The van der Waals surface area contributed by atoms with Crippen LogP contribution in [0.4, 0.5) is 4.39 Å². The van der Waals surface area contributed by atoms with Crippen molar-refractivity contribution in [2.24, 2.45) is 0 Å². The summed E-state index contributed by atoms with van der Waals surface area (Å²) < 4.78 is 17.4. The van der Waals surface area contributed by atoms with Gasteiger partial charge in [-0.05, 0) is 57.6 Å². The van der Waals surface area contributed by atoms with Gasteiger partial charge >= 0.3 is 0 Å². The van der Waals surface area contributed by atoms with Crippen molar-refractivity contribution in [2.75, 3.05) is 0 Å². The van der Waals surface area contributed by atoms with Crippen molar-refractivity contribution in [3.63, 3.8) is 0 Å². The number of benzene rings is 5. The van der Waals surface area contributed by atoms with Crippen molar-refractivity contribution in [1.29, 1.82) is 0 Å². The number of aromatic nitrogens is 2. The molecule has 1 N–H and O–H groups in total. The summed E-state index contributed by atoms with van der Waals surface area (Å²) in [6.45, 7) is 0. The summed E-state index contributed by atoms with van der Waals surface area (Å²) in [5.41, 5.74) is 4.23. The maximum absolute atomic E-state index is 15.0. The van der Waals surface area contributed by atoms with Gasteiger partial charge in [-0.25, -0.2) is 4.39 Å². The molecule has 0 radical (unpaired) electrons. The van der Waals surface area contributed by atoms with Crippen LogP contribution in [0, 0.1) is 5.82 Å². The standard InChI is InChI=1S/C31H17FN2S/c32-24-9-4-10-25-29(24)28-22-7-2-1-6-21(22)27-23-15-17(11-12-26(23)35-31(27)30(28)34-25)19-8-3-5-18-16-33-14-13-20(18)19/h1-16,34H. The van der Waals surface area contributed by atoms with Gasteiger partial charge in [0.2, 0.25) is 0 Å². The topological polar surface area (TPSA) is 28.7 Å². The molecule has 0 saturated carbocycles. The Labute approximate surface area is 203 Å². The summed E-state index contributed by atoms with van der Waals surface area (Å²) in [6.07, 6.45) is 3.76. The molecule has 8 aromatic rings. The zero-order valence-corrected chi connectivity index (χ0v) is 19.3. The fourth-order valence-electron chi connectivity index (χ4n) is 5.65. The van der Waals surface area contributed by atoms with Gasteiger partial charge in [-0.2, -0.15) is 0 Å². The van der Waals surface area contributed by atoms with Gasteiger partial charge in [-0.1, -0.05) is 54.6 Å². The molecule has 0 bridgehead atoms. The third-order valence-electron chi connectivity index (χ3n) is 7.15. The van der Waals surface area contributed by atoms with E-state index < -0.39 is 0 Å². The fraction of sp³-hybridized carbons (Fsp3) is 0. The monoisotopic (exact) mass is 468 g/mol. The predicted molar refractivity (Wildman–Crippen MR) is 147 cm³/mol. The lowest BCUT2D eigenvalue weighted by atomic mass is 9.95. The molecule has 0 aliphatic rings. The highest BCUT2D eigenvalue weighted by Crippen LogP contribution is 2.47. The van der Waals surface area contributed by atoms with Gasteiger partial charge < -0.3 is 4.98 Å². The zero-order chi connectivity index (χ0) is 23.1. The highest BCUT2D eigenvalue weighted by atomic mass is 32.1. The average Bonchev–Trinajstić information content (AvgIpc) is 3.48. The Morgan fingerprint density at radius 3 is 2.49 bits per heavy atom. The van der Waals surface area contributed by atoms with Gasteiger partial charge in [0.25, 0.3) is 0 Å². The van der Waals surface area contributed by atoms with Crippen LogP contribution in [0.2, 0.25) is 0 Å². The maximum Gasteiger partial charge on any atom is 0.133 e. The minimum Gasteiger partial charge on any atom is -0.353 e. The number of halogens is 1. The number of hydrogen-bond donors (Lipinski definition) is 1. The maximum atomic E-state index is 15.0. The first kappa shape index (κ1) is 19.1. The molecule has 164 valence electrons. The lowest BCUT2D eigenvalue weighted by Gasteiger charge is -2.08. The van der Waals surface area contributed by atoms with E-state index in [9.17, 15) is 0 Å². The lowest BCUT2D eigenvalue weighted by Crippen LogP contribution is -1.83. The number of fused-ring (bicyclic) bond motifs is 11. The van der Waals surface area contributed by atoms with Crippen LogP contribution in [0.1, 0.15) is 0 Å². The molecule has 0 amide bonds. The van der Waals surface area contributed by atoms with E-state index in [0.717, 1.165) is 32.6 Å². The Bertz CT molecular complexity index is 2130. The molecule has 0 saturated heterocycles. The quantitative estimate of drug-likeness (QED) is 0.256. The smallest absolute Gasteiger partial charge is 0.133 e. The zero-order valence-electron chi connectivity index (χ0n) is 18.5. The molecule has 3 heterocycles. The molecule has 0 fully saturated rings. The van der Waals surface area contributed by atoms with E-state index in [-0.39, 0.29) is 5.82 Å². The summed E-state index contributed by atoms with van der Waals surface area (Å²) in [6, 6.07) is 28.8. The number of hydrogen-bond acceptors (Lipinski definition) is 2. The van der Waals surface area contributed by atoms with Crippen LogP contribution in [0.25, 0.3) is 74.6 Å². The van der Waals surface area contributed by atoms with Gasteiger partial charge in [0.15, 0.2) is 0 Å². The molecule has 0 aliphatic heterocycles. The van der Waals surface area contributed by atoms with E-state index >= 15 is 4.39 Å². The van der Waals surface area contributed by atoms with E-state index in [1.54, 1.807) is 23.5 Å². The average molecular weight is 469 g/mol. The van der Waals surface area contributed by atoms with Crippen molar-refractivity contribution < 1.29 is 4.39 Å². The minimum absolute atomic E-state index is 0.188. The molecule has 5 aromatic carbocycles. The van der Waals surface area contributed by atoms with E-state index in [2.05, 4.69) is 70.6 Å². The minimum atomic E-state index is -0.188. The van der Waals surface area contributed by atoms with Gasteiger partial charge in [-0.15, -0.1) is 11.3 Å². The first-order valence-electron chi connectivity index (χ1n) is 11.6. The van der Waals surface area contributed by atoms with Crippen molar-refractivity contribution in [3.8, 4) is 11.1 Å². The summed E-state index contributed by atoms with van der Waals surface area (Å²) >= 11 is 1.77. The molecule has 0 atom stereocenters. The molecule has 35 heavy (non-hydrogen) atoms. The van der Waals surface area contributed by atoms with Crippen LogP contribution in [0.15, 0.2) is 97.3 Å². The number of H-pyrrole nitrogens is 1. The first-order chi connectivity index (χ1) is 17.3. The van der Waals surface area contributed by atoms with Crippen molar-refractivity contribution in [2.45, 2.75) is 0 Å². The van der Waals surface area contributed by atoms with E-state index in [1.165, 1.54) is 36.7 Å². The van der Waals surface area contributed by atoms with Crippen LogP contribution in [0.5, 0.6) is 0 Å². The number of rotatable bonds is 1. The second kappa shape index (κ2) is 6.87. The van der Waals surface area contributed by atoms with Gasteiger partial charge in [-0.3, -0.25) is 4.98 Å². The Hall–Kier alpha value is -4.28. The van der Waals surface area contributed by atoms with E-state index in [4.69, 9.17) is 0 Å². The summed E-state index contributed by atoms with van der Waals surface area (Å²) in [5.74, 6) is -0.188. The first-order valence-corrected chi connectivity index (χ1v) is 12.4. The largest absolute Gasteiger partial charge is 0.353 e. The van der Waals surface area contributed by atoms with E-state index in [1.807, 2.05) is 24.5 Å². The SMILES string of the molecule is Fc1cccc2[nH]c3c4sc5ccc(-c6cccc7cnccc67)cc5c4c4ccccc4c3c12. The number of aromatic amines is 1. The molecule has 8 rings (SSSR count). The van der Waals surface area contributed by atoms with Crippen LogP contribution in [0.3, 0.4) is 0 Å². The Morgan fingerprint density at radius 2 is 1.57 bits per heavy atom. The van der Waals surface area contributed by atoms with Gasteiger partial charge in [0, 0.05) is 49.5 Å². The third kappa shape index (κ3) is 2.55. The van der Waals surface area contributed by atoms with Crippen molar-refractivity contribution >= 4 is 74.9 Å². The molecular weight excluding hydrogens is 451 g/mol. The summed E-state index contributed by atoms with van der Waals surface area (Å²) in [5, 5.41) is 8.65. The second-order valence-electron chi connectivity index (χ2n) is 9.00. The van der Waals surface area contributed by atoms with Crippen LogP contribution >= 0.6 is 11.3 Å².